The van der Waals surface area contributed by atoms with Crippen LogP contribution in [0.1, 0.15) is 31.2 Å². The van der Waals surface area contributed by atoms with Crippen molar-refractivity contribution in [1.82, 2.24) is 10.6 Å². The number of nitrogens with one attached hydrogen (secondary N) is 3. The average Bonchev–Trinajstić information content (AvgIpc) is 2.64. The number of methoxy groups -OCH3 is 1. The standard InChI is InChI=1S/C19H30N4O3.HI/c1-3-20-19(21-9-6-10-26-12-11-25-2)22-14-15-13-18(24)23-17-8-5-4-7-16(15)17;/h4-5,7-8,15H,3,6,9-14H2,1-2H3,(H,23,24)(H2,20,21,22);1H. The van der Waals surface area contributed by atoms with Gasteiger partial charge < -0.3 is 25.4 Å². The molecule has 1 aromatic rings. The third-order valence-corrected chi connectivity index (χ3v) is 4.11. The van der Waals surface area contributed by atoms with Crippen molar-refractivity contribution in [3.8, 4) is 0 Å². The molecule has 1 atom stereocenters. The molecule has 7 nitrogen and oxygen atoms in total. The van der Waals surface area contributed by atoms with Crippen molar-refractivity contribution < 1.29 is 14.3 Å². The Morgan fingerprint density at radius 2 is 2.07 bits per heavy atom. The van der Waals surface area contributed by atoms with Crippen molar-refractivity contribution in [3.63, 3.8) is 0 Å². The second-order valence-electron chi connectivity index (χ2n) is 6.14. The van der Waals surface area contributed by atoms with E-state index in [0.29, 0.717) is 32.8 Å². The van der Waals surface area contributed by atoms with Crippen molar-refractivity contribution in [2.75, 3.05) is 51.9 Å². The Labute approximate surface area is 178 Å². The third-order valence-electron chi connectivity index (χ3n) is 4.11. The molecular weight excluding hydrogens is 459 g/mol. The molecule has 1 aliphatic rings. The zero-order chi connectivity index (χ0) is 18.6. The van der Waals surface area contributed by atoms with E-state index in [4.69, 9.17) is 9.47 Å². The van der Waals surface area contributed by atoms with Gasteiger partial charge in [0.1, 0.15) is 0 Å². The Morgan fingerprint density at radius 3 is 2.85 bits per heavy atom. The average molecular weight is 490 g/mol. The van der Waals surface area contributed by atoms with Gasteiger partial charge in [0, 0.05) is 44.8 Å². The molecule has 27 heavy (non-hydrogen) atoms. The number of anilines is 1. The van der Waals surface area contributed by atoms with Crippen molar-refractivity contribution in [2.45, 2.75) is 25.7 Å². The summed E-state index contributed by atoms with van der Waals surface area (Å²) in [6.45, 7) is 6.10. The molecule has 0 bridgehead atoms. The van der Waals surface area contributed by atoms with E-state index in [0.717, 1.165) is 36.7 Å². The predicted octanol–water partition coefficient (Wildman–Crippen LogP) is 2.34. The van der Waals surface area contributed by atoms with Gasteiger partial charge in [-0.25, -0.2) is 0 Å². The molecule has 152 valence electrons. The van der Waals surface area contributed by atoms with Gasteiger partial charge in [-0.15, -0.1) is 24.0 Å². The molecule has 1 unspecified atom stereocenters. The van der Waals surface area contributed by atoms with E-state index in [-0.39, 0.29) is 35.8 Å². The van der Waals surface area contributed by atoms with Crippen LogP contribution in [0.4, 0.5) is 5.69 Å². The molecule has 0 saturated heterocycles. The lowest BCUT2D eigenvalue weighted by atomic mass is 9.91. The molecule has 0 aliphatic carbocycles. The van der Waals surface area contributed by atoms with Crippen LogP contribution in [0.25, 0.3) is 0 Å². The molecule has 0 spiro atoms. The zero-order valence-corrected chi connectivity index (χ0v) is 18.5. The lowest BCUT2D eigenvalue weighted by Crippen LogP contribution is -2.38. The van der Waals surface area contributed by atoms with Crippen LogP contribution >= 0.6 is 24.0 Å². The van der Waals surface area contributed by atoms with E-state index >= 15 is 0 Å². The van der Waals surface area contributed by atoms with Crippen molar-refractivity contribution in [1.29, 1.82) is 0 Å². The number of ether oxygens (including phenoxy) is 2. The first kappa shape index (κ1) is 23.6. The van der Waals surface area contributed by atoms with Crippen LogP contribution in [0.15, 0.2) is 29.3 Å². The number of hydrogen-bond acceptors (Lipinski definition) is 4. The van der Waals surface area contributed by atoms with Crippen LogP contribution in [0, 0.1) is 0 Å². The summed E-state index contributed by atoms with van der Waals surface area (Å²) in [6.07, 6.45) is 1.36. The number of amides is 1. The van der Waals surface area contributed by atoms with E-state index in [1.54, 1.807) is 7.11 Å². The van der Waals surface area contributed by atoms with Gasteiger partial charge in [0.05, 0.1) is 19.8 Å². The molecule has 3 N–H and O–H groups in total. The number of nitrogens with zero attached hydrogens (tertiary/aromatic N) is 1. The number of benzene rings is 1. The maximum Gasteiger partial charge on any atom is 0.225 e. The lowest BCUT2D eigenvalue weighted by molar-refractivity contribution is -0.116. The quantitative estimate of drug-likeness (QED) is 0.203. The number of aliphatic imine (C=N–C) groups is 1. The number of guanidine groups is 1. The Kier molecular flexibility index (Phi) is 12.0. The monoisotopic (exact) mass is 490 g/mol. The summed E-state index contributed by atoms with van der Waals surface area (Å²) in [5.74, 6) is 0.927. The second kappa shape index (κ2) is 13.7. The van der Waals surface area contributed by atoms with Crippen LogP contribution in [0.5, 0.6) is 0 Å². The molecule has 0 fully saturated rings. The van der Waals surface area contributed by atoms with Crippen LogP contribution < -0.4 is 16.0 Å². The largest absolute Gasteiger partial charge is 0.382 e. The van der Waals surface area contributed by atoms with Gasteiger partial charge in [0.2, 0.25) is 5.91 Å². The van der Waals surface area contributed by atoms with E-state index < -0.39 is 0 Å². The van der Waals surface area contributed by atoms with Gasteiger partial charge in [-0.2, -0.15) is 0 Å². The highest BCUT2D eigenvalue weighted by atomic mass is 127. The van der Waals surface area contributed by atoms with Crippen molar-refractivity contribution in [2.24, 2.45) is 4.99 Å². The maximum absolute atomic E-state index is 11.9. The highest BCUT2D eigenvalue weighted by Crippen LogP contribution is 2.31. The van der Waals surface area contributed by atoms with Crippen LogP contribution in [-0.4, -0.2) is 58.4 Å². The normalized spacial score (nSPS) is 16.1. The second-order valence-corrected chi connectivity index (χ2v) is 6.14. The summed E-state index contributed by atoms with van der Waals surface area (Å²) < 4.78 is 10.4. The van der Waals surface area contributed by atoms with E-state index in [1.165, 1.54) is 0 Å². The third kappa shape index (κ3) is 8.44. The number of halogens is 1. The minimum absolute atomic E-state index is 0. The molecule has 1 aliphatic heterocycles. The number of carbonyl (C=O) groups is 1. The number of para-hydroxylation sites is 1. The molecule has 0 saturated carbocycles. The van der Waals surface area contributed by atoms with Gasteiger partial charge in [-0.05, 0) is 25.0 Å². The van der Waals surface area contributed by atoms with Gasteiger partial charge in [0.15, 0.2) is 5.96 Å². The Bertz CT molecular complexity index is 598. The fraction of sp³-hybridized carbons (Fsp3) is 0.579. The predicted molar refractivity (Wildman–Crippen MR) is 119 cm³/mol. The molecule has 1 aromatic carbocycles. The first-order valence-electron chi connectivity index (χ1n) is 9.22. The van der Waals surface area contributed by atoms with Crippen LogP contribution in [0.2, 0.25) is 0 Å². The topological polar surface area (TPSA) is 84.0 Å². The van der Waals surface area contributed by atoms with E-state index in [2.05, 4.69) is 27.0 Å². The number of hydrogen-bond donors (Lipinski definition) is 3. The van der Waals surface area contributed by atoms with Gasteiger partial charge in [-0.1, -0.05) is 18.2 Å². The molecule has 8 heteroatoms. The number of fused-ring (bicyclic) bond motifs is 1. The fourth-order valence-corrected chi connectivity index (χ4v) is 2.83. The summed E-state index contributed by atoms with van der Waals surface area (Å²) in [6, 6.07) is 7.94. The first-order valence-corrected chi connectivity index (χ1v) is 9.22. The lowest BCUT2D eigenvalue weighted by Gasteiger charge is -2.24. The highest BCUT2D eigenvalue weighted by Gasteiger charge is 2.24. The van der Waals surface area contributed by atoms with Crippen molar-refractivity contribution >= 4 is 41.5 Å². The highest BCUT2D eigenvalue weighted by molar-refractivity contribution is 14.0. The van der Waals surface area contributed by atoms with Gasteiger partial charge >= 0.3 is 0 Å². The molecular formula is C19H31IN4O3. The maximum atomic E-state index is 11.9. The summed E-state index contributed by atoms with van der Waals surface area (Å²) >= 11 is 0. The Morgan fingerprint density at radius 1 is 1.26 bits per heavy atom. The molecule has 0 radical (unpaired) electrons. The molecule has 1 heterocycles. The van der Waals surface area contributed by atoms with Crippen LogP contribution in [0.3, 0.4) is 0 Å². The first-order chi connectivity index (χ1) is 12.7. The van der Waals surface area contributed by atoms with E-state index in [9.17, 15) is 4.79 Å². The van der Waals surface area contributed by atoms with Gasteiger partial charge in [-0.3, -0.25) is 9.79 Å². The summed E-state index contributed by atoms with van der Waals surface area (Å²) in [7, 11) is 1.67. The SMILES string of the molecule is CCNC(=NCC1CC(=O)Nc2ccccc21)NCCCOCCOC.I. The zero-order valence-electron chi connectivity index (χ0n) is 16.1. The fourth-order valence-electron chi connectivity index (χ4n) is 2.83. The smallest absolute Gasteiger partial charge is 0.225 e. The Balaban J connectivity index is 0.00000364. The summed E-state index contributed by atoms with van der Waals surface area (Å²) in [5, 5.41) is 9.48. The van der Waals surface area contributed by atoms with Gasteiger partial charge in [0.25, 0.3) is 0 Å². The minimum atomic E-state index is 0. The summed E-state index contributed by atoms with van der Waals surface area (Å²) in [4.78, 5) is 16.6. The molecule has 2 rings (SSSR count). The van der Waals surface area contributed by atoms with E-state index in [1.807, 2.05) is 25.1 Å². The minimum Gasteiger partial charge on any atom is -0.382 e. The number of rotatable bonds is 10. The number of carbonyl (C=O) groups excluding carboxylic acids is 1. The molecule has 1 amide bonds. The van der Waals surface area contributed by atoms with Crippen molar-refractivity contribution in [3.05, 3.63) is 29.8 Å². The van der Waals surface area contributed by atoms with Crippen LogP contribution in [-0.2, 0) is 14.3 Å². The Hall–Kier alpha value is -1.39. The molecule has 0 aromatic heterocycles. The summed E-state index contributed by atoms with van der Waals surface area (Å²) in [5.41, 5.74) is 2.05.